The van der Waals surface area contributed by atoms with Crippen LogP contribution in [0.3, 0.4) is 0 Å². The van der Waals surface area contributed by atoms with Gasteiger partial charge in [0.05, 0.1) is 5.69 Å². The summed E-state index contributed by atoms with van der Waals surface area (Å²) in [5.74, 6) is 1.77. The van der Waals surface area contributed by atoms with E-state index in [2.05, 4.69) is 5.32 Å². The molecule has 1 N–H and O–H groups in total. The fraction of sp³-hybridized carbons (Fsp3) is 0.115. The van der Waals surface area contributed by atoms with Crippen LogP contribution in [0, 0.1) is 0 Å². The predicted octanol–water partition coefficient (Wildman–Crippen LogP) is 6.43. The highest BCUT2D eigenvalue weighted by Crippen LogP contribution is 2.30. The Morgan fingerprint density at radius 3 is 2.30 bits per heavy atom. The Morgan fingerprint density at radius 1 is 0.800 bits per heavy atom. The molecule has 0 saturated heterocycles. The minimum absolute atomic E-state index is 0.213. The van der Waals surface area contributed by atoms with Crippen molar-refractivity contribution in [3.05, 3.63) is 97.1 Å². The van der Waals surface area contributed by atoms with Crippen molar-refractivity contribution in [2.45, 2.75) is 19.4 Å². The lowest BCUT2D eigenvalue weighted by Gasteiger charge is -2.19. The molecule has 0 heterocycles. The first-order valence-electron chi connectivity index (χ1n) is 10.0. The molecule has 0 saturated carbocycles. The molecule has 30 heavy (non-hydrogen) atoms. The number of benzene rings is 4. The van der Waals surface area contributed by atoms with E-state index in [0.717, 1.165) is 10.8 Å². The van der Waals surface area contributed by atoms with Gasteiger partial charge in [-0.2, -0.15) is 0 Å². The maximum absolute atomic E-state index is 13.0. The lowest BCUT2D eigenvalue weighted by molar-refractivity contribution is -0.122. The summed E-state index contributed by atoms with van der Waals surface area (Å²) in [6.07, 6.45) is -0.0860. The fourth-order valence-corrected chi connectivity index (χ4v) is 3.26. The van der Waals surface area contributed by atoms with Crippen LogP contribution in [0.15, 0.2) is 97.1 Å². The first kappa shape index (κ1) is 19.5. The SMILES string of the molecule is CC[C@@H](Oc1cccc2ccccc12)C(=O)Nc1ccccc1Oc1ccccc1. The molecule has 0 unspecified atom stereocenters. The van der Waals surface area contributed by atoms with Crippen molar-refractivity contribution >= 4 is 22.4 Å². The molecule has 4 nitrogen and oxygen atoms in total. The van der Waals surface area contributed by atoms with E-state index in [1.54, 1.807) is 0 Å². The summed E-state index contributed by atoms with van der Waals surface area (Å²) in [4.78, 5) is 13.0. The Bertz CT molecular complexity index is 1140. The van der Waals surface area contributed by atoms with E-state index < -0.39 is 6.10 Å². The molecular formula is C26H23NO3. The summed E-state index contributed by atoms with van der Waals surface area (Å²) in [6.45, 7) is 1.93. The zero-order valence-corrected chi connectivity index (χ0v) is 16.7. The van der Waals surface area contributed by atoms with Crippen molar-refractivity contribution in [3.63, 3.8) is 0 Å². The zero-order chi connectivity index (χ0) is 20.8. The van der Waals surface area contributed by atoms with E-state index in [1.807, 2.05) is 104 Å². The molecule has 1 amide bonds. The van der Waals surface area contributed by atoms with E-state index >= 15 is 0 Å². The molecule has 1 atom stereocenters. The standard InChI is InChI=1S/C26H23NO3/c1-2-23(30-24-18-10-12-19-11-6-7-15-21(19)24)26(28)27-22-16-8-9-17-25(22)29-20-13-4-3-5-14-20/h3-18,23H,2H2,1H3,(H,27,28)/t23-/m1/s1. The summed E-state index contributed by atoms with van der Waals surface area (Å²) in [7, 11) is 0. The molecule has 4 rings (SSSR count). The first-order chi connectivity index (χ1) is 14.7. The molecule has 0 aliphatic heterocycles. The number of fused-ring (bicyclic) bond motifs is 1. The smallest absolute Gasteiger partial charge is 0.265 e. The summed E-state index contributed by atoms with van der Waals surface area (Å²) in [6, 6.07) is 30.7. The Morgan fingerprint density at radius 2 is 1.47 bits per heavy atom. The van der Waals surface area contributed by atoms with Gasteiger partial charge in [0.1, 0.15) is 11.5 Å². The van der Waals surface area contributed by atoms with Crippen LogP contribution in [0.2, 0.25) is 0 Å². The third-order valence-electron chi connectivity index (χ3n) is 4.80. The number of nitrogens with one attached hydrogen (secondary N) is 1. The summed E-state index contributed by atoms with van der Waals surface area (Å²) >= 11 is 0. The fourth-order valence-electron chi connectivity index (χ4n) is 3.26. The molecule has 4 heteroatoms. The number of hydrogen-bond acceptors (Lipinski definition) is 3. The maximum atomic E-state index is 13.0. The quantitative estimate of drug-likeness (QED) is 0.391. The van der Waals surface area contributed by atoms with E-state index in [9.17, 15) is 4.79 Å². The average molecular weight is 397 g/mol. The largest absolute Gasteiger partial charge is 0.480 e. The molecule has 0 aliphatic carbocycles. The molecular weight excluding hydrogens is 374 g/mol. The second-order valence-electron chi connectivity index (χ2n) is 6.89. The van der Waals surface area contributed by atoms with Crippen LogP contribution in [0.5, 0.6) is 17.2 Å². The lowest BCUT2D eigenvalue weighted by atomic mass is 10.1. The van der Waals surface area contributed by atoms with Crippen molar-refractivity contribution < 1.29 is 14.3 Å². The second kappa shape index (κ2) is 9.14. The highest BCUT2D eigenvalue weighted by atomic mass is 16.5. The highest BCUT2D eigenvalue weighted by Gasteiger charge is 2.21. The summed E-state index contributed by atoms with van der Waals surface area (Å²) in [5, 5.41) is 5.02. The topological polar surface area (TPSA) is 47.6 Å². The minimum atomic E-state index is -0.624. The Kier molecular flexibility index (Phi) is 5.95. The highest BCUT2D eigenvalue weighted by molar-refractivity contribution is 5.96. The van der Waals surface area contributed by atoms with E-state index in [0.29, 0.717) is 29.4 Å². The molecule has 0 radical (unpaired) electrons. The molecule has 0 bridgehead atoms. The van der Waals surface area contributed by atoms with Crippen molar-refractivity contribution in [3.8, 4) is 17.2 Å². The van der Waals surface area contributed by atoms with Crippen molar-refractivity contribution in [1.82, 2.24) is 0 Å². The van der Waals surface area contributed by atoms with E-state index in [1.165, 1.54) is 0 Å². The number of amides is 1. The number of carbonyl (C=O) groups is 1. The van der Waals surface area contributed by atoms with Gasteiger partial charge in [-0.1, -0.05) is 73.7 Å². The Balaban J connectivity index is 1.53. The molecule has 4 aromatic rings. The number of ether oxygens (including phenoxy) is 2. The van der Waals surface area contributed by atoms with Gasteiger partial charge < -0.3 is 14.8 Å². The van der Waals surface area contributed by atoms with Crippen LogP contribution in [0.4, 0.5) is 5.69 Å². The molecule has 0 aliphatic rings. The van der Waals surface area contributed by atoms with Crippen LogP contribution in [0.1, 0.15) is 13.3 Å². The summed E-state index contributed by atoms with van der Waals surface area (Å²) in [5.41, 5.74) is 0.603. The van der Waals surface area contributed by atoms with Crippen molar-refractivity contribution in [2.75, 3.05) is 5.32 Å². The zero-order valence-electron chi connectivity index (χ0n) is 16.7. The van der Waals surface area contributed by atoms with Gasteiger partial charge in [0, 0.05) is 5.39 Å². The first-order valence-corrected chi connectivity index (χ1v) is 10.0. The van der Waals surface area contributed by atoms with Gasteiger partial charge in [-0.3, -0.25) is 4.79 Å². The van der Waals surface area contributed by atoms with Gasteiger partial charge >= 0.3 is 0 Å². The van der Waals surface area contributed by atoms with Crippen LogP contribution >= 0.6 is 0 Å². The molecule has 0 fully saturated rings. The Labute approximate surface area is 176 Å². The van der Waals surface area contributed by atoms with E-state index in [4.69, 9.17) is 9.47 Å². The second-order valence-corrected chi connectivity index (χ2v) is 6.89. The predicted molar refractivity (Wildman–Crippen MR) is 120 cm³/mol. The lowest BCUT2D eigenvalue weighted by Crippen LogP contribution is -2.32. The van der Waals surface area contributed by atoms with Crippen molar-refractivity contribution in [2.24, 2.45) is 0 Å². The maximum Gasteiger partial charge on any atom is 0.265 e. The van der Waals surface area contributed by atoms with Crippen molar-refractivity contribution in [1.29, 1.82) is 0 Å². The minimum Gasteiger partial charge on any atom is -0.480 e. The summed E-state index contributed by atoms with van der Waals surface area (Å²) < 4.78 is 12.1. The number of hydrogen-bond donors (Lipinski definition) is 1. The third kappa shape index (κ3) is 4.44. The van der Waals surface area contributed by atoms with Crippen LogP contribution < -0.4 is 14.8 Å². The third-order valence-corrected chi connectivity index (χ3v) is 4.80. The van der Waals surface area contributed by atoms with Gasteiger partial charge in [-0.25, -0.2) is 0 Å². The number of anilines is 1. The molecule has 0 spiro atoms. The molecule has 4 aromatic carbocycles. The van der Waals surface area contributed by atoms with Gasteiger partial charge in [-0.05, 0) is 42.1 Å². The van der Waals surface area contributed by atoms with Gasteiger partial charge in [0.25, 0.3) is 5.91 Å². The normalized spacial score (nSPS) is 11.6. The Hall–Kier alpha value is -3.79. The average Bonchev–Trinajstić information content (AvgIpc) is 2.79. The number of para-hydroxylation sites is 3. The monoisotopic (exact) mass is 397 g/mol. The van der Waals surface area contributed by atoms with Crippen LogP contribution in [-0.2, 0) is 4.79 Å². The van der Waals surface area contributed by atoms with E-state index in [-0.39, 0.29) is 5.91 Å². The van der Waals surface area contributed by atoms with Gasteiger partial charge in [0.2, 0.25) is 0 Å². The number of rotatable bonds is 7. The van der Waals surface area contributed by atoms with Crippen LogP contribution in [-0.4, -0.2) is 12.0 Å². The molecule has 150 valence electrons. The molecule has 0 aromatic heterocycles. The van der Waals surface area contributed by atoms with Crippen LogP contribution in [0.25, 0.3) is 10.8 Å². The van der Waals surface area contributed by atoms with Gasteiger partial charge in [0.15, 0.2) is 11.9 Å². The van der Waals surface area contributed by atoms with Gasteiger partial charge in [-0.15, -0.1) is 0 Å². The number of carbonyl (C=O) groups excluding carboxylic acids is 1.